The van der Waals surface area contributed by atoms with Gasteiger partial charge >= 0.3 is 23.9 Å². The summed E-state index contributed by atoms with van der Waals surface area (Å²) < 4.78 is 0. The van der Waals surface area contributed by atoms with E-state index in [0.717, 1.165) is 0 Å². The number of carbonyl (C=O) groups is 4. The Morgan fingerprint density at radius 3 is 0.800 bits per heavy atom. The Kier molecular flexibility index (Phi) is 9.24. The second-order valence-electron chi connectivity index (χ2n) is 2.74. The molecule has 1 aromatic rings. The topological polar surface area (TPSA) is 190 Å². The van der Waals surface area contributed by atoms with Gasteiger partial charge in [-0.1, -0.05) is 0 Å². The van der Waals surface area contributed by atoms with Gasteiger partial charge in [-0.05, 0) is 24.3 Å². The first-order valence-electron chi connectivity index (χ1n) is 4.48. The van der Waals surface area contributed by atoms with Gasteiger partial charge in [-0.25, -0.2) is 19.2 Å². The van der Waals surface area contributed by atoms with Gasteiger partial charge in [0.2, 0.25) is 0 Å². The number of benzene rings is 1. The summed E-state index contributed by atoms with van der Waals surface area (Å²) in [5.74, 6) is -6.96. The Morgan fingerprint density at radius 2 is 0.700 bits per heavy atom. The summed E-state index contributed by atoms with van der Waals surface area (Å²) in [6.45, 7) is 0. The summed E-state index contributed by atoms with van der Waals surface area (Å²) >= 11 is 0. The van der Waals surface area contributed by atoms with Crippen molar-refractivity contribution in [3.63, 3.8) is 0 Å². The minimum absolute atomic E-state index is 0.169. The van der Waals surface area contributed by atoms with Crippen LogP contribution in [0.4, 0.5) is 0 Å². The lowest BCUT2D eigenvalue weighted by molar-refractivity contribution is -0.159. The number of phenols is 2. The van der Waals surface area contributed by atoms with Crippen LogP contribution >= 0.6 is 0 Å². The predicted octanol–water partition coefficient (Wildman–Crippen LogP) is -0.591. The van der Waals surface area contributed by atoms with Crippen molar-refractivity contribution in [1.29, 1.82) is 0 Å². The number of aromatic hydroxyl groups is 2. The minimum atomic E-state index is -1.82. The Bertz CT molecular complexity index is 406. The van der Waals surface area contributed by atoms with Gasteiger partial charge < -0.3 is 30.6 Å². The van der Waals surface area contributed by atoms with Crippen molar-refractivity contribution in [3.8, 4) is 11.5 Å². The molecule has 0 heterocycles. The van der Waals surface area contributed by atoms with Crippen molar-refractivity contribution in [2.24, 2.45) is 0 Å². The number of carboxylic acid groups (broad SMARTS) is 4. The molecule has 0 aromatic heterocycles. The summed E-state index contributed by atoms with van der Waals surface area (Å²) in [5.41, 5.74) is 0. The SMILES string of the molecule is O=C(O)C(=O)O.O=C(O)C(=O)O.Oc1ccc(O)cc1. The van der Waals surface area contributed by atoms with E-state index in [1.807, 2.05) is 0 Å². The third kappa shape index (κ3) is 12.8. The Balaban J connectivity index is 0. The van der Waals surface area contributed by atoms with E-state index >= 15 is 0 Å². The van der Waals surface area contributed by atoms with E-state index in [-0.39, 0.29) is 11.5 Å². The van der Waals surface area contributed by atoms with E-state index in [9.17, 15) is 0 Å². The Labute approximate surface area is 110 Å². The molecule has 0 fully saturated rings. The second kappa shape index (κ2) is 9.70. The first kappa shape index (κ1) is 19.0. The van der Waals surface area contributed by atoms with Gasteiger partial charge in [-0.15, -0.1) is 0 Å². The molecular formula is C10H10O10. The number of hydrogen-bond acceptors (Lipinski definition) is 6. The minimum Gasteiger partial charge on any atom is -0.508 e. The van der Waals surface area contributed by atoms with Gasteiger partial charge in [-0.3, -0.25) is 0 Å². The first-order valence-corrected chi connectivity index (χ1v) is 4.48. The highest BCUT2D eigenvalue weighted by atomic mass is 16.4. The van der Waals surface area contributed by atoms with Crippen LogP contribution in [0.1, 0.15) is 0 Å². The highest BCUT2D eigenvalue weighted by molar-refractivity contribution is 6.27. The van der Waals surface area contributed by atoms with Gasteiger partial charge in [0.15, 0.2) is 0 Å². The highest BCUT2D eigenvalue weighted by Crippen LogP contribution is 2.13. The molecule has 10 heteroatoms. The molecule has 10 nitrogen and oxygen atoms in total. The third-order valence-electron chi connectivity index (χ3n) is 1.22. The maximum Gasteiger partial charge on any atom is 0.414 e. The molecule has 110 valence electrons. The Morgan fingerprint density at radius 1 is 0.550 bits per heavy atom. The molecule has 0 amide bonds. The molecule has 0 spiro atoms. The molecule has 0 bridgehead atoms. The molecule has 0 aliphatic heterocycles. The van der Waals surface area contributed by atoms with Crippen molar-refractivity contribution in [1.82, 2.24) is 0 Å². The summed E-state index contributed by atoms with van der Waals surface area (Å²) in [5, 5.41) is 46.9. The quantitative estimate of drug-likeness (QED) is 0.266. The maximum absolute atomic E-state index is 9.10. The van der Waals surface area contributed by atoms with E-state index in [4.69, 9.17) is 49.8 Å². The van der Waals surface area contributed by atoms with E-state index in [2.05, 4.69) is 0 Å². The zero-order valence-corrected chi connectivity index (χ0v) is 9.63. The van der Waals surface area contributed by atoms with Crippen molar-refractivity contribution >= 4 is 23.9 Å². The predicted molar refractivity (Wildman–Crippen MR) is 60.3 cm³/mol. The zero-order valence-electron chi connectivity index (χ0n) is 9.63. The van der Waals surface area contributed by atoms with Gasteiger partial charge in [-0.2, -0.15) is 0 Å². The van der Waals surface area contributed by atoms with Crippen molar-refractivity contribution in [2.75, 3.05) is 0 Å². The maximum atomic E-state index is 9.10. The molecule has 0 saturated heterocycles. The van der Waals surface area contributed by atoms with Crippen LogP contribution < -0.4 is 0 Å². The summed E-state index contributed by atoms with van der Waals surface area (Å²) in [4.78, 5) is 36.4. The second-order valence-corrected chi connectivity index (χ2v) is 2.74. The van der Waals surface area contributed by atoms with Crippen LogP contribution in [0.2, 0.25) is 0 Å². The van der Waals surface area contributed by atoms with Crippen LogP contribution in [0.15, 0.2) is 24.3 Å². The molecule has 1 rings (SSSR count). The lowest BCUT2D eigenvalue weighted by Crippen LogP contribution is -2.09. The molecule has 0 aliphatic rings. The van der Waals surface area contributed by atoms with Crippen molar-refractivity contribution in [2.45, 2.75) is 0 Å². The monoisotopic (exact) mass is 290 g/mol. The molecule has 20 heavy (non-hydrogen) atoms. The van der Waals surface area contributed by atoms with Crippen molar-refractivity contribution in [3.05, 3.63) is 24.3 Å². The largest absolute Gasteiger partial charge is 0.508 e. The van der Waals surface area contributed by atoms with E-state index in [1.165, 1.54) is 24.3 Å². The zero-order chi connectivity index (χ0) is 16.3. The fourth-order valence-electron chi connectivity index (χ4n) is 0.453. The van der Waals surface area contributed by atoms with Gasteiger partial charge in [0, 0.05) is 0 Å². The smallest absolute Gasteiger partial charge is 0.414 e. The summed E-state index contributed by atoms with van der Waals surface area (Å²) in [6, 6.07) is 5.70. The van der Waals surface area contributed by atoms with E-state index in [0.29, 0.717) is 0 Å². The molecular weight excluding hydrogens is 280 g/mol. The van der Waals surface area contributed by atoms with Crippen LogP contribution in [-0.4, -0.2) is 54.5 Å². The number of carboxylic acids is 4. The standard InChI is InChI=1S/C6H6O2.2C2H2O4/c7-5-1-2-6(8)4-3-5;2*3-1(4)2(5)6/h1-4,7-8H;2*(H,3,4)(H,5,6). The van der Waals surface area contributed by atoms with Gasteiger partial charge in [0.05, 0.1) is 0 Å². The van der Waals surface area contributed by atoms with Gasteiger partial charge in [0.1, 0.15) is 11.5 Å². The highest BCUT2D eigenvalue weighted by Gasteiger charge is 2.04. The van der Waals surface area contributed by atoms with Crippen molar-refractivity contribution < 1.29 is 49.8 Å². The molecule has 1 aromatic carbocycles. The van der Waals surface area contributed by atoms with E-state index < -0.39 is 23.9 Å². The number of phenolic OH excluding ortho intramolecular Hbond substituents is 2. The Hall–Kier alpha value is -3.30. The fraction of sp³-hybridized carbons (Fsp3) is 0. The molecule has 0 unspecified atom stereocenters. The molecule has 0 aliphatic carbocycles. The lowest BCUT2D eigenvalue weighted by atomic mass is 10.3. The molecule has 0 saturated carbocycles. The molecule has 6 N–H and O–H groups in total. The van der Waals surface area contributed by atoms with Crippen LogP contribution in [0.5, 0.6) is 11.5 Å². The van der Waals surface area contributed by atoms with E-state index in [1.54, 1.807) is 0 Å². The normalized spacial score (nSPS) is 8.00. The number of aliphatic carboxylic acids is 4. The molecule has 0 radical (unpaired) electrons. The average molecular weight is 290 g/mol. The lowest BCUT2D eigenvalue weighted by Gasteiger charge is -1.88. The first-order chi connectivity index (χ1) is 9.07. The number of rotatable bonds is 0. The summed E-state index contributed by atoms with van der Waals surface area (Å²) in [7, 11) is 0. The molecule has 0 atom stereocenters. The third-order valence-corrected chi connectivity index (χ3v) is 1.22. The van der Waals surface area contributed by atoms with Crippen LogP contribution in [0, 0.1) is 0 Å². The summed E-state index contributed by atoms with van der Waals surface area (Å²) in [6.07, 6.45) is 0. The van der Waals surface area contributed by atoms with Gasteiger partial charge in [0.25, 0.3) is 0 Å². The van der Waals surface area contributed by atoms with Crippen LogP contribution in [0.3, 0.4) is 0 Å². The number of hydrogen-bond donors (Lipinski definition) is 6. The van der Waals surface area contributed by atoms with Crippen LogP contribution in [-0.2, 0) is 19.2 Å². The van der Waals surface area contributed by atoms with Crippen LogP contribution in [0.25, 0.3) is 0 Å². The average Bonchev–Trinajstić information content (AvgIpc) is 2.34. The fourth-order valence-corrected chi connectivity index (χ4v) is 0.453.